The summed E-state index contributed by atoms with van der Waals surface area (Å²) in [6.07, 6.45) is 1.11. The van der Waals surface area contributed by atoms with Gasteiger partial charge in [-0.2, -0.15) is 0 Å². The van der Waals surface area contributed by atoms with Crippen molar-refractivity contribution in [1.29, 1.82) is 0 Å². The SMILES string of the molecule is COc1cc(Cl)ccc1C1(CN)CC1(C)C. The molecule has 88 valence electrons. The summed E-state index contributed by atoms with van der Waals surface area (Å²) in [5, 5.41) is 0.700. The zero-order valence-electron chi connectivity index (χ0n) is 10.0. The second-order valence-corrected chi connectivity index (χ2v) is 5.63. The maximum atomic E-state index is 5.97. The first-order valence-electron chi connectivity index (χ1n) is 5.51. The van der Waals surface area contributed by atoms with Gasteiger partial charge in [0.05, 0.1) is 7.11 Å². The van der Waals surface area contributed by atoms with Crippen LogP contribution in [0, 0.1) is 5.41 Å². The van der Waals surface area contributed by atoms with Crippen molar-refractivity contribution < 1.29 is 4.74 Å². The molecule has 0 spiro atoms. The van der Waals surface area contributed by atoms with Crippen molar-refractivity contribution >= 4 is 11.6 Å². The highest BCUT2D eigenvalue weighted by atomic mass is 35.5. The maximum absolute atomic E-state index is 5.97. The van der Waals surface area contributed by atoms with Crippen molar-refractivity contribution in [2.75, 3.05) is 13.7 Å². The molecule has 0 aliphatic heterocycles. The normalized spacial score (nSPS) is 26.6. The standard InChI is InChI=1S/C13H18ClNO/c1-12(2)7-13(12,8-15)10-5-4-9(14)6-11(10)16-3/h4-6H,7-8,15H2,1-3H3. The van der Waals surface area contributed by atoms with Gasteiger partial charge in [0.15, 0.2) is 0 Å². The third-order valence-corrected chi connectivity index (χ3v) is 4.18. The van der Waals surface area contributed by atoms with Gasteiger partial charge in [0.25, 0.3) is 0 Å². The molecule has 1 fully saturated rings. The van der Waals surface area contributed by atoms with E-state index in [-0.39, 0.29) is 10.8 Å². The molecular formula is C13H18ClNO. The summed E-state index contributed by atoms with van der Waals surface area (Å²) < 4.78 is 5.41. The molecule has 0 amide bonds. The van der Waals surface area contributed by atoms with E-state index in [4.69, 9.17) is 22.1 Å². The van der Waals surface area contributed by atoms with E-state index in [1.165, 1.54) is 5.56 Å². The monoisotopic (exact) mass is 239 g/mol. The van der Waals surface area contributed by atoms with Crippen LogP contribution in [0.15, 0.2) is 18.2 Å². The van der Waals surface area contributed by atoms with Gasteiger partial charge < -0.3 is 10.5 Å². The summed E-state index contributed by atoms with van der Waals surface area (Å²) in [4.78, 5) is 0. The fraction of sp³-hybridized carbons (Fsp3) is 0.538. The van der Waals surface area contributed by atoms with E-state index >= 15 is 0 Å². The Balaban J connectivity index is 2.48. The van der Waals surface area contributed by atoms with Gasteiger partial charge >= 0.3 is 0 Å². The summed E-state index contributed by atoms with van der Waals surface area (Å²) in [5.41, 5.74) is 7.45. The van der Waals surface area contributed by atoms with Crippen molar-refractivity contribution in [2.45, 2.75) is 25.7 Å². The van der Waals surface area contributed by atoms with Crippen LogP contribution < -0.4 is 10.5 Å². The summed E-state index contributed by atoms with van der Waals surface area (Å²) in [6, 6.07) is 5.82. The average molecular weight is 240 g/mol. The molecule has 1 aliphatic rings. The van der Waals surface area contributed by atoms with Crippen LogP contribution in [0.25, 0.3) is 0 Å². The number of ether oxygens (including phenoxy) is 1. The molecule has 1 unspecified atom stereocenters. The number of benzene rings is 1. The molecular weight excluding hydrogens is 222 g/mol. The van der Waals surface area contributed by atoms with E-state index in [1.54, 1.807) is 7.11 Å². The van der Waals surface area contributed by atoms with Gasteiger partial charge in [-0.25, -0.2) is 0 Å². The fourth-order valence-corrected chi connectivity index (χ4v) is 2.85. The Hall–Kier alpha value is -0.730. The highest BCUT2D eigenvalue weighted by Crippen LogP contribution is 2.65. The van der Waals surface area contributed by atoms with Crippen LogP contribution in [0.5, 0.6) is 5.75 Å². The molecule has 0 aromatic heterocycles. The largest absolute Gasteiger partial charge is 0.496 e. The number of methoxy groups -OCH3 is 1. The number of hydrogen-bond acceptors (Lipinski definition) is 2. The van der Waals surface area contributed by atoms with Crippen molar-refractivity contribution in [2.24, 2.45) is 11.1 Å². The van der Waals surface area contributed by atoms with Gasteiger partial charge in [0.2, 0.25) is 0 Å². The molecule has 1 atom stereocenters. The molecule has 1 aromatic carbocycles. The van der Waals surface area contributed by atoms with Crippen molar-refractivity contribution in [3.05, 3.63) is 28.8 Å². The van der Waals surface area contributed by atoms with Crippen molar-refractivity contribution in [3.8, 4) is 5.75 Å². The third kappa shape index (κ3) is 1.52. The van der Waals surface area contributed by atoms with Crippen molar-refractivity contribution in [3.63, 3.8) is 0 Å². The lowest BCUT2D eigenvalue weighted by Gasteiger charge is -2.21. The third-order valence-electron chi connectivity index (χ3n) is 3.94. The van der Waals surface area contributed by atoms with Crippen LogP contribution >= 0.6 is 11.6 Å². The van der Waals surface area contributed by atoms with Gasteiger partial charge in [0.1, 0.15) is 5.75 Å². The zero-order valence-corrected chi connectivity index (χ0v) is 10.8. The predicted molar refractivity (Wildman–Crippen MR) is 67.1 cm³/mol. The molecule has 2 nitrogen and oxygen atoms in total. The van der Waals surface area contributed by atoms with Crippen LogP contribution in [-0.2, 0) is 5.41 Å². The first kappa shape index (κ1) is 11.7. The molecule has 1 saturated carbocycles. The number of hydrogen-bond donors (Lipinski definition) is 1. The van der Waals surface area contributed by atoms with E-state index in [2.05, 4.69) is 13.8 Å². The summed E-state index contributed by atoms with van der Waals surface area (Å²) in [7, 11) is 1.68. The quantitative estimate of drug-likeness (QED) is 0.880. The lowest BCUT2D eigenvalue weighted by Crippen LogP contribution is -2.25. The first-order chi connectivity index (χ1) is 7.47. The Morgan fingerprint density at radius 3 is 2.50 bits per heavy atom. The van der Waals surface area contributed by atoms with E-state index in [9.17, 15) is 0 Å². The van der Waals surface area contributed by atoms with E-state index in [0.29, 0.717) is 11.6 Å². The zero-order chi connectivity index (χ0) is 12.0. The van der Waals surface area contributed by atoms with Crippen LogP contribution in [0.4, 0.5) is 0 Å². The summed E-state index contributed by atoms with van der Waals surface area (Å²) in [6.45, 7) is 5.14. The minimum absolute atomic E-state index is 0.0585. The Morgan fingerprint density at radius 1 is 1.44 bits per heavy atom. The van der Waals surface area contributed by atoms with Crippen LogP contribution in [0.1, 0.15) is 25.8 Å². The lowest BCUT2D eigenvalue weighted by molar-refractivity contribution is 0.395. The van der Waals surface area contributed by atoms with Gasteiger partial charge in [0, 0.05) is 22.5 Å². The van der Waals surface area contributed by atoms with Crippen molar-refractivity contribution in [1.82, 2.24) is 0 Å². The van der Waals surface area contributed by atoms with Gasteiger partial charge in [-0.15, -0.1) is 0 Å². The molecule has 0 bridgehead atoms. The smallest absolute Gasteiger partial charge is 0.124 e. The molecule has 0 heterocycles. The summed E-state index contributed by atoms with van der Waals surface area (Å²) in [5.74, 6) is 0.850. The molecule has 1 aliphatic carbocycles. The molecule has 0 radical (unpaired) electrons. The highest BCUT2D eigenvalue weighted by molar-refractivity contribution is 6.30. The van der Waals surface area contributed by atoms with Crippen LogP contribution in [0.2, 0.25) is 5.02 Å². The van der Waals surface area contributed by atoms with Crippen LogP contribution in [-0.4, -0.2) is 13.7 Å². The van der Waals surface area contributed by atoms with Gasteiger partial charge in [-0.3, -0.25) is 0 Å². The number of nitrogens with two attached hydrogens (primary N) is 1. The second kappa shape index (κ2) is 3.64. The lowest BCUT2D eigenvalue weighted by atomic mass is 9.87. The molecule has 3 heteroatoms. The Kier molecular flexibility index (Phi) is 2.67. The molecule has 1 aromatic rings. The maximum Gasteiger partial charge on any atom is 0.124 e. The molecule has 16 heavy (non-hydrogen) atoms. The second-order valence-electron chi connectivity index (χ2n) is 5.19. The summed E-state index contributed by atoms with van der Waals surface area (Å²) >= 11 is 5.97. The van der Waals surface area contributed by atoms with E-state index < -0.39 is 0 Å². The van der Waals surface area contributed by atoms with Crippen LogP contribution in [0.3, 0.4) is 0 Å². The Labute approximate surface area is 102 Å². The topological polar surface area (TPSA) is 35.2 Å². The first-order valence-corrected chi connectivity index (χ1v) is 5.89. The predicted octanol–water partition coefficient (Wildman–Crippen LogP) is 2.98. The minimum atomic E-state index is 0.0585. The van der Waals surface area contributed by atoms with E-state index in [1.807, 2.05) is 18.2 Å². The Morgan fingerprint density at radius 2 is 2.06 bits per heavy atom. The highest BCUT2D eigenvalue weighted by Gasteiger charge is 2.61. The van der Waals surface area contributed by atoms with Gasteiger partial charge in [-0.1, -0.05) is 31.5 Å². The fourth-order valence-electron chi connectivity index (χ4n) is 2.69. The molecule has 2 N–H and O–H groups in total. The molecule has 2 rings (SSSR count). The van der Waals surface area contributed by atoms with E-state index in [0.717, 1.165) is 12.2 Å². The van der Waals surface area contributed by atoms with Gasteiger partial charge in [-0.05, 0) is 24.0 Å². The average Bonchev–Trinajstić information content (AvgIpc) is 2.82. The minimum Gasteiger partial charge on any atom is -0.496 e. The Bertz CT molecular complexity index is 416. The molecule has 0 saturated heterocycles. The number of rotatable bonds is 3. The number of halogens is 1.